The molecule has 0 saturated carbocycles. The molecule has 0 fully saturated rings. The third kappa shape index (κ3) is 4.18. The molecule has 0 bridgehead atoms. The Morgan fingerprint density at radius 1 is 1.04 bits per heavy atom. The summed E-state index contributed by atoms with van der Waals surface area (Å²) in [6.45, 7) is 1.93. The Hall–Kier alpha value is -2.65. The number of benzene rings is 1. The third-order valence-electron chi connectivity index (χ3n) is 2.80. The van der Waals surface area contributed by atoms with Crippen molar-refractivity contribution in [2.75, 3.05) is 6.54 Å². The van der Waals surface area contributed by atoms with Crippen LogP contribution in [0, 0.1) is 0 Å². The van der Waals surface area contributed by atoms with Crippen LogP contribution in [0.3, 0.4) is 0 Å². The molecule has 8 nitrogen and oxygen atoms in total. The zero-order chi connectivity index (χ0) is 16.9. The van der Waals surface area contributed by atoms with E-state index >= 15 is 0 Å². The maximum absolute atomic E-state index is 11.9. The largest absolute Gasteiger partial charge is 0.459 e. The molecule has 23 heavy (non-hydrogen) atoms. The van der Waals surface area contributed by atoms with Gasteiger partial charge in [-0.3, -0.25) is 20.4 Å². The van der Waals surface area contributed by atoms with Crippen LogP contribution in [-0.2, 0) is 10.0 Å². The van der Waals surface area contributed by atoms with Crippen molar-refractivity contribution >= 4 is 21.8 Å². The lowest BCUT2D eigenvalue weighted by Gasteiger charge is -2.07. The lowest BCUT2D eigenvalue weighted by molar-refractivity contribution is 0.0831. The van der Waals surface area contributed by atoms with Gasteiger partial charge >= 0.3 is 5.91 Å². The smallest absolute Gasteiger partial charge is 0.305 e. The summed E-state index contributed by atoms with van der Waals surface area (Å²) in [6.07, 6.45) is 1.33. The second-order valence-electron chi connectivity index (χ2n) is 4.41. The van der Waals surface area contributed by atoms with Crippen molar-refractivity contribution in [3.05, 3.63) is 54.0 Å². The predicted molar refractivity (Wildman–Crippen MR) is 80.9 cm³/mol. The van der Waals surface area contributed by atoms with E-state index in [1.165, 1.54) is 36.6 Å². The number of nitrogens with one attached hydrogen (secondary N) is 3. The van der Waals surface area contributed by atoms with E-state index in [4.69, 9.17) is 4.42 Å². The standard InChI is InChI=1S/C14H15N3O5S/c1-2-15-23(20,21)11-7-5-10(6-8-11)13(18)16-17-14(19)12-4-3-9-22-12/h3-9,15H,2H2,1H3,(H,16,18)(H,17,19). The van der Waals surface area contributed by atoms with Crippen molar-refractivity contribution in [3.8, 4) is 0 Å². The van der Waals surface area contributed by atoms with Gasteiger partial charge in [-0.1, -0.05) is 6.92 Å². The molecule has 122 valence electrons. The highest BCUT2D eigenvalue weighted by atomic mass is 32.2. The van der Waals surface area contributed by atoms with Gasteiger partial charge < -0.3 is 4.42 Å². The summed E-state index contributed by atoms with van der Waals surface area (Å²) < 4.78 is 30.8. The van der Waals surface area contributed by atoms with Crippen LogP contribution in [0.15, 0.2) is 52.0 Å². The summed E-state index contributed by atoms with van der Waals surface area (Å²) in [5.41, 5.74) is 4.59. The van der Waals surface area contributed by atoms with E-state index in [0.29, 0.717) is 0 Å². The molecule has 0 atom stereocenters. The summed E-state index contributed by atoms with van der Waals surface area (Å²) in [6, 6.07) is 8.29. The maximum Gasteiger partial charge on any atom is 0.305 e. The van der Waals surface area contributed by atoms with E-state index in [2.05, 4.69) is 15.6 Å². The second-order valence-corrected chi connectivity index (χ2v) is 6.18. The molecule has 0 unspecified atom stereocenters. The number of carbonyl (C=O) groups is 2. The van der Waals surface area contributed by atoms with Gasteiger partial charge in [0.2, 0.25) is 10.0 Å². The SMILES string of the molecule is CCNS(=O)(=O)c1ccc(C(=O)NNC(=O)c2ccco2)cc1. The normalized spacial score (nSPS) is 11.0. The fourth-order valence-electron chi connectivity index (χ4n) is 1.71. The molecular formula is C14H15N3O5S. The number of hydrazine groups is 1. The van der Waals surface area contributed by atoms with Crippen molar-refractivity contribution < 1.29 is 22.4 Å². The highest BCUT2D eigenvalue weighted by Gasteiger charge is 2.14. The topological polar surface area (TPSA) is 118 Å². The molecule has 0 saturated heterocycles. The van der Waals surface area contributed by atoms with Crippen LogP contribution in [0.4, 0.5) is 0 Å². The second kappa shape index (κ2) is 7.07. The van der Waals surface area contributed by atoms with E-state index in [0.717, 1.165) is 0 Å². The van der Waals surface area contributed by atoms with Crippen LogP contribution in [0.5, 0.6) is 0 Å². The zero-order valence-corrected chi connectivity index (χ0v) is 13.0. The number of hydrogen-bond acceptors (Lipinski definition) is 5. The van der Waals surface area contributed by atoms with Crippen molar-refractivity contribution in [3.63, 3.8) is 0 Å². The summed E-state index contributed by atoms with van der Waals surface area (Å²) in [5.74, 6) is -1.13. The van der Waals surface area contributed by atoms with E-state index in [1.54, 1.807) is 13.0 Å². The lowest BCUT2D eigenvalue weighted by atomic mass is 10.2. The zero-order valence-electron chi connectivity index (χ0n) is 12.2. The number of hydrogen-bond donors (Lipinski definition) is 3. The number of sulfonamides is 1. The van der Waals surface area contributed by atoms with Gasteiger partial charge in [-0.15, -0.1) is 0 Å². The molecular weight excluding hydrogens is 322 g/mol. The van der Waals surface area contributed by atoms with Gasteiger partial charge in [-0.05, 0) is 36.4 Å². The Labute approximate surface area is 132 Å². The summed E-state index contributed by atoms with van der Waals surface area (Å²) in [7, 11) is -3.57. The van der Waals surface area contributed by atoms with Gasteiger partial charge in [0.25, 0.3) is 5.91 Å². The molecule has 0 spiro atoms. The molecule has 1 aromatic carbocycles. The lowest BCUT2D eigenvalue weighted by Crippen LogP contribution is -2.41. The van der Waals surface area contributed by atoms with Gasteiger partial charge in [-0.25, -0.2) is 13.1 Å². The molecule has 0 aliphatic rings. The molecule has 3 N–H and O–H groups in total. The molecule has 2 amide bonds. The van der Waals surface area contributed by atoms with E-state index in [1.807, 2.05) is 0 Å². The molecule has 2 aromatic rings. The first kappa shape index (κ1) is 16.7. The minimum absolute atomic E-state index is 0.0514. The first-order valence-corrected chi connectivity index (χ1v) is 8.16. The molecule has 2 rings (SSSR count). The van der Waals surface area contributed by atoms with Crippen LogP contribution in [0.2, 0.25) is 0 Å². The van der Waals surface area contributed by atoms with Gasteiger partial charge in [0.05, 0.1) is 11.2 Å². The Morgan fingerprint density at radius 2 is 1.70 bits per heavy atom. The van der Waals surface area contributed by atoms with E-state index in [-0.39, 0.29) is 22.8 Å². The van der Waals surface area contributed by atoms with Gasteiger partial charge in [0.1, 0.15) is 0 Å². The third-order valence-corrected chi connectivity index (χ3v) is 4.36. The van der Waals surface area contributed by atoms with Crippen molar-refractivity contribution in [1.82, 2.24) is 15.6 Å². The van der Waals surface area contributed by atoms with E-state index < -0.39 is 21.8 Å². The van der Waals surface area contributed by atoms with Crippen LogP contribution >= 0.6 is 0 Å². The molecule has 0 aliphatic carbocycles. The Bertz CT molecular complexity index is 782. The van der Waals surface area contributed by atoms with Crippen molar-refractivity contribution in [2.24, 2.45) is 0 Å². The first-order chi connectivity index (χ1) is 10.9. The Morgan fingerprint density at radius 3 is 2.26 bits per heavy atom. The maximum atomic E-state index is 11.9. The van der Waals surface area contributed by atoms with Crippen LogP contribution in [-0.4, -0.2) is 26.8 Å². The highest BCUT2D eigenvalue weighted by Crippen LogP contribution is 2.10. The number of carbonyl (C=O) groups excluding carboxylic acids is 2. The minimum atomic E-state index is -3.57. The average molecular weight is 337 g/mol. The van der Waals surface area contributed by atoms with Gasteiger partial charge in [0.15, 0.2) is 5.76 Å². The van der Waals surface area contributed by atoms with Crippen molar-refractivity contribution in [1.29, 1.82) is 0 Å². The van der Waals surface area contributed by atoms with Crippen molar-refractivity contribution in [2.45, 2.75) is 11.8 Å². The number of amides is 2. The van der Waals surface area contributed by atoms with Crippen LogP contribution < -0.4 is 15.6 Å². The minimum Gasteiger partial charge on any atom is -0.459 e. The molecule has 1 heterocycles. The van der Waals surface area contributed by atoms with Crippen LogP contribution in [0.1, 0.15) is 27.8 Å². The number of rotatable bonds is 5. The Kier molecular flexibility index (Phi) is 5.14. The summed E-state index contributed by atoms with van der Waals surface area (Å²) >= 11 is 0. The highest BCUT2D eigenvalue weighted by molar-refractivity contribution is 7.89. The Balaban J connectivity index is 1.99. The van der Waals surface area contributed by atoms with Gasteiger partial charge in [-0.2, -0.15) is 0 Å². The quantitative estimate of drug-likeness (QED) is 0.693. The fourth-order valence-corrected chi connectivity index (χ4v) is 2.75. The monoisotopic (exact) mass is 337 g/mol. The van der Waals surface area contributed by atoms with E-state index in [9.17, 15) is 18.0 Å². The molecule has 0 radical (unpaired) electrons. The molecule has 1 aromatic heterocycles. The van der Waals surface area contributed by atoms with Crippen LogP contribution in [0.25, 0.3) is 0 Å². The predicted octanol–water partition coefficient (Wildman–Crippen LogP) is 0.653. The first-order valence-electron chi connectivity index (χ1n) is 6.68. The summed E-state index contributed by atoms with van der Waals surface area (Å²) in [5, 5.41) is 0. The van der Waals surface area contributed by atoms with Gasteiger partial charge in [0, 0.05) is 12.1 Å². The average Bonchev–Trinajstić information content (AvgIpc) is 3.07. The summed E-state index contributed by atoms with van der Waals surface area (Å²) in [4.78, 5) is 23.5. The fraction of sp³-hybridized carbons (Fsp3) is 0.143. The molecule has 0 aliphatic heterocycles. The number of furan rings is 1. The molecule has 9 heteroatoms.